The number of thioether (sulfide) groups is 1. The topological polar surface area (TPSA) is 97.3 Å². The van der Waals surface area contributed by atoms with Crippen molar-refractivity contribution in [2.45, 2.75) is 31.4 Å². The molecule has 0 atom stereocenters. The summed E-state index contributed by atoms with van der Waals surface area (Å²) < 4.78 is 5.66. The fourth-order valence-electron chi connectivity index (χ4n) is 2.87. The van der Waals surface area contributed by atoms with Crippen molar-refractivity contribution < 1.29 is 9.34 Å². The number of aromatic nitrogens is 2. The van der Waals surface area contributed by atoms with Gasteiger partial charge in [-0.05, 0) is 18.6 Å². The van der Waals surface area contributed by atoms with Crippen molar-refractivity contribution in [1.82, 2.24) is 15.5 Å². The number of piperazine rings is 1. The number of nitrogens with zero attached hydrogens (tertiary/aromatic N) is 4. The zero-order valence-corrected chi connectivity index (χ0v) is 15.6. The van der Waals surface area contributed by atoms with Gasteiger partial charge in [0.2, 0.25) is 5.89 Å². The van der Waals surface area contributed by atoms with Crippen molar-refractivity contribution in [2.75, 3.05) is 36.8 Å². The number of nitro groups is 1. The molecule has 0 spiro atoms. The Morgan fingerprint density at radius 2 is 2.12 bits per heavy atom. The van der Waals surface area contributed by atoms with E-state index in [1.807, 2.05) is 11.0 Å². The molecule has 3 rings (SSSR count). The van der Waals surface area contributed by atoms with Crippen molar-refractivity contribution in [3.8, 4) is 11.5 Å². The molecule has 0 amide bonds. The standard InChI is InChI=1S/C17H23N5O3S/c1-2-3-4-11-26-17-20-19-16(25-17)13-5-6-14(15(12-13)22(23)24)21-9-7-18-8-10-21/h5-6,12,18H,2-4,7-11H2,1H3. The van der Waals surface area contributed by atoms with Crippen LogP contribution in [-0.2, 0) is 0 Å². The number of unbranched alkanes of at least 4 members (excludes halogenated alkanes) is 2. The SMILES string of the molecule is CCCCCSc1nnc(-c2ccc(N3CCNCC3)c([N+](=O)[O-])c2)o1. The van der Waals surface area contributed by atoms with Crippen LogP contribution in [0.4, 0.5) is 11.4 Å². The Balaban J connectivity index is 1.77. The van der Waals surface area contributed by atoms with Crippen LogP contribution in [0.25, 0.3) is 11.5 Å². The van der Waals surface area contributed by atoms with E-state index in [0.717, 1.165) is 38.4 Å². The molecule has 0 aliphatic carbocycles. The van der Waals surface area contributed by atoms with Gasteiger partial charge in [-0.1, -0.05) is 31.5 Å². The molecule has 1 N–H and O–H groups in total. The molecule has 1 saturated heterocycles. The number of nitrogens with one attached hydrogen (secondary N) is 1. The highest BCUT2D eigenvalue weighted by atomic mass is 32.2. The summed E-state index contributed by atoms with van der Waals surface area (Å²) in [5, 5.41) is 23.4. The fourth-order valence-corrected chi connectivity index (χ4v) is 3.63. The highest BCUT2D eigenvalue weighted by molar-refractivity contribution is 7.99. The summed E-state index contributed by atoms with van der Waals surface area (Å²) in [5.41, 5.74) is 1.28. The molecule has 9 heteroatoms. The Bertz CT molecular complexity index is 746. The number of anilines is 1. The summed E-state index contributed by atoms with van der Waals surface area (Å²) in [6, 6.07) is 5.11. The number of nitro benzene ring substituents is 1. The Labute approximate surface area is 156 Å². The first kappa shape index (κ1) is 18.7. The van der Waals surface area contributed by atoms with Gasteiger partial charge in [0.1, 0.15) is 5.69 Å². The smallest absolute Gasteiger partial charge is 0.293 e. The number of hydrogen-bond donors (Lipinski definition) is 1. The lowest BCUT2D eigenvalue weighted by atomic mass is 10.1. The molecule has 0 bridgehead atoms. The van der Waals surface area contributed by atoms with E-state index in [-0.39, 0.29) is 10.6 Å². The third-order valence-electron chi connectivity index (χ3n) is 4.26. The largest absolute Gasteiger partial charge is 0.411 e. The van der Waals surface area contributed by atoms with Crippen LogP contribution < -0.4 is 10.2 Å². The number of hydrogen-bond acceptors (Lipinski definition) is 8. The predicted octanol–water partition coefficient (Wildman–Crippen LogP) is 3.34. The molecule has 0 radical (unpaired) electrons. The summed E-state index contributed by atoms with van der Waals surface area (Å²) >= 11 is 1.52. The highest BCUT2D eigenvalue weighted by Crippen LogP contribution is 2.33. The van der Waals surface area contributed by atoms with Crippen molar-refractivity contribution in [3.05, 3.63) is 28.3 Å². The van der Waals surface area contributed by atoms with E-state index in [1.165, 1.54) is 30.7 Å². The summed E-state index contributed by atoms with van der Waals surface area (Å²) in [6.07, 6.45) is 3.44. The van der Waals surface area contributed by atoms with Gasteiger partial charge in [0.25, 0.3) is 10.9 Å². The lowest BCUT2D eigenvalue weighted by Crippen LogP contribution is -2.43. The van der Waals surface area contributed by atoms with Crippen molar-refractivity contribution in [2.24, 2.45) is 0 Å². The molecular weight excluding hydrogens is 354 g/mol. The van der Waals surface area contributed by atoms with Crippen LogP contribution in [0.5, 0.6) is 0 Å². The van der Waals surface area contributed by atoms with Crippen LogP contribution >= 0.6 is 11.8 Å². The minimum atomic E-state index is -0.350. The molecule has 8 nitrogen and oxygen atoms in total. The molecule has 2 heterocycles. The maximum atomic E-state index is 11.5. The normalized spacial score (nSPS) is 14.6. The third kappa shape index (κ3) is 4.53. The molecule has 140 valence electrons. The van der Waals surface area contributed by atoms with Crippen molar-refractivity contribution >= 4 is 23.1 Å². The van der Waals surface area contributed by atoms with Crippen LogP contribution in [0.2, 0.25) is 0 Å². The summed E-state index contributed by atoms with van der Waals surface area (Å²) in [4.78, 5) is 13.2. The maximum absolute atomic E-state index is 11.5. The quantitative estimate of drug-likeness (QED) is 0.324. The molecule has 2 aromatic rings. The van der Waals surface area contributed by atoms with E-state index >= 15 is 0 Å². The van der Waals surface area contributed by atoms with E-state index in [0.29, 0.717) is 22.4 Å². The predicted molar refractivity (Wildman–Crippen MR) is 102 cm³/mol. The maximum Gasteiger partial charge on any atom is 0.293 e. The molecule has 1 aliphatic heterocycles. The molecular formula is C17H23N5O3S. The van der Waals surface area contributed by atoms with E-state index in [9.17, 15) is 10.1 Å². The number of rotatable bonds is 8. The van der Waals surface area contributed by atoms with Gasteiger partial charge in [0.05, 0.1) is 4.92 Å². The molecule has 26 heavy (non-hydrogen) atoms. The average molecular weight is 377 g/mol. The van der Waals surface area contributed by atoms with Gasteiger partial charge in [0, 0.05) is 43.6 Å². The molecule has 1 aliphatic rings. The first-order valence-electron chi connectivity index (χ1n) is 8.90. The van der Waals surface area contributed by atoms with Crippen molar-refractivity contribution in [3.63, 3.8) is 0 Å². The minimum Gasteiger partial charge on any atom is -0.411 e. The van der Waals surface area contributed by atoms with Crippen LogP contribution in [-0.4, -0.2) is 47.1 Å². The minimum absolute atomic E-state index is 0.0692. The van der Waals surface area contributed by atoms with E-state index in [4.69, 9.17) is 4.42 Å². The van der Waals surface area contributed by atoms with Crippen molar-refractivity contribution in [1.29, 1.82) is 0 Å². The molecule has 1 aromatic heterocycles. The second-order valence-corrected chi connectivity index (χ2v) is 7.17. The van der Waals surface area contributed by atoms with Gasteiger partial charge in [-0.25, -0.2) is 0 Å². The van der Waals surface area contributed by atoms with Crippen LogP contribution in [0.3, 0.4) is 0 Å². The fraction of sp³-hybridized carbons (Fsp3) is 0.529. The zero-order chi connectivity index (χ0) is 18.4. The lowest BCUT2D eigenvalue weighted by Gasteiger charge is -2.29. The summed E-state index contributed by atoms with van der Waals surface area (Å²) in [6.45, 7) is 5.30. The van der Waals surface area contributed by atoms with Crippen LogP contribution in [0, 0.1) is 10.1 Å². The Morgan fingerprint density at radius 1 is 1.31 bits per heavy atom. The van der Waals surface area contributed by atoms with Gasteiger partial charge in [-0.2, -0.15) is 0 Å². The van der Waals surface area contributed by atoms with Crippen LogP contribution in [0.1, 0.15) is 26.2 Å². The van der Waals surface area contributed by atoms with E-state index < -0.39 is 0 Å². The van der Waals surface area contributed by atoms with Gasteiger partial charge in [-0.15, -0.1) is 10.2 Å². The second kappa shape index (κ2) is 9.00. The Hall–Kier alpha value is -2.13. The zero-order valence-electron chi connectivity index (χ0n) is 14.8. The molecule has 1 aromatic carbocycles. The Morgan fingerprint density at radius 3 is 2.85 bits per heavy atom. The van der Waals surface area contributed by atoms with Gasteiger partial charge in [0.15, 0.2) is 0 Å². The van der Waals surface area contributed by atoms with E-state index in [1.54, 1.807) is 6.07 Å². The van der Waals surface area contributed by atoms with Gasteiger partial charge >= 0.3 is 0 Å². The van der Waals surface area contributed by atoms with E-state index in [2.05, 4.69) is 22.4 Å². The van der Waals surface area contributed by atoms with Crippen LogP contribution in [0.15, 0.2) is 27.8 Å². The second-order valence-electron chi connectivity index (χ2n) is 6.13. The Kier molecular flexibility index (Phi) is 6.45. The first-order valence-corrected chi connectivity index (χ1v) is 9.88. The molecule has 0 saturated carbocycles. The average Bonchev–Trinajstić information content (AvgIpc) is 3.14. The summed E-state index contributed by atoms with van der Waals surface area (Å²) in [5.74, 6) is 1.25. The molecule has 1 fully saturated rings. The van der Waals surface area contributed by atoms with Gasteiger partial charge < -0.3 is 14.6 Å². The number of benzene rings is 1. The van der Waals surface area contributed by atoms with Gasteiger partial charge in [-0.3, -0.25) is 10.1 Å². The third-order valence-corrected chi connectivity index (χ3v) is 5.16. The highest BCUT2D eigenvalue weighted by Gasteiger charge is 2.23. The lowest BCUT2D eigenvalue weighted by molar-refractivity contribution is -0.384. The first-order chi connectivity index (χ1) is 12.7. The monoisotopic (exact) mass is 377 g/mol. The summed E-state index contributed by atoms with van der Waals surface area (Å²) in [7, 11) is 0. The molecule has 0 unspecified atom stereocenters.